The van der Waals surface area contributed by atoms with E-state index in [-0.39, 0.29) is 11.4 Å². The molecule has 0 aromatic heterocycles. The highest BCUT2D eigenvalue weighted by atomic mass is 16.2. The van der Waals surface area contributed by atoms with Crippen LogP contribution < -0.4 is 5.32 Å². The molecule has 0 aliphatic carbocycles. The fourth-order valence-corrected chi connectivity index (χ4v) is 2.92. The highest BCUT2D eigenvalue weighted by Crippen LogP contribution is 2.20. The first kappa shape index (κ1) is 15.0. The average Bonchev–Trinajstić information content (AvgIpc) is 2.92. The summed E-state index contributed by atoms with van der Waals surface area (Å²) in [6.07, 6.45) is 5.35. The summed E-state index contributed by atoms with van der Waals surface area (Å²) in [6.45, 7) is 3.84. The van der Waals surface area contributed by atoms with Crippen molar-refractivity contribution in [2.45, 2.75) is 44.6 Å². The Morgan fingerprint density at radius 1 is 1.30 bits per heavy atom. The first-order valence-corrected chi connectivity index (χ1v) is 7.66. The normalized spacial score (nSPS) is 21.9. The molecule has 3 heteroatoms. The number of hydrogen-bond donors (Lipinski definition) is 1. The van der Waals surface area contributed by atoms with E-state index in [2.05, 4.69) is 29.6 Å². The summed E-state index contributed by atoms with van der Waals surface area (Å²) < 4.78 is 0. The van der Waals surface area contributed by atoms with E-state index >= 15 is 0 Å². The second-order valence-corrected chi connectivity index (χ2v) is 6.03. The molecule has 0 bridgehead atoms. The van der Waals surface area contributed by atoms with Gasteiger partial charge in [0.05, 0.1) is 5.54 Å². The highest BCUT2D eigenvalue weighted by molar-refractivity contribution is 5.86. The molecule has 0 radical (unpaired) electrons. The number of carbonyl (C=O) groups is 1. The third kappa shape index (κ3) is 3.83. The number of likely N-dealkylation sites (N-methyl/N-ethyl adjacent to an activating group) is 1. The van der Waals surface area contributed by atoms with E-state index in [1.165, 1.54) is 5.56 Å². The van der Waals surface area contributed by atoms with Crippen molar-refractivity contribution in [1.82, 2.24) is 10.2 Å². The number of hydrogen-bond acceptors (Lipinski definition) is 2. The molecule has 3 nitrogen and oxygen atoms in total. The third-order valence-corrected chi connectivity index (χ3v) is 4.24. The van der Waals surface area contributed by atoms with Gasteiger partial charge in [-0.25, -0.2) is 0 Å². The van der Waals surface area contributed by atoms with Gasteiger partial charge in [0.2, 0.25) is 5.91 Å². The Labute approximate surface area is 122 Å². The van der Waals surface area contributed by atoms with Gasteiger partial charge in [0.15, 0.2) is 0 Å². The minimum Gasteiger partial charge on any atom is -0.344 e. The van der Waals surface area contributed by atoms with Gasteiger partial charge in [0, 0.05) is 13.6 Å². The second kappa shape index (κ2) is 6.89. The van der Waals surface area contributed by atoms with Crippen LogP contribution in [0.1, 0.15) is 38.2 Å². The number of amides is 1. The van der Waals surface area contributed by atoms with Crippen molar-refractivity contribution in [1.29, 1.82) is 0 Å². The van der Waals surface area contributed by atoms with Gasteiger partial charge in [0.25, 0.3) is 0 Å². The molecule has 1 aromatic rings. The van der Waals surface area contributed by atoms with Gasteiger partial charge in [-0.05, 0) is 51.1 Å². The van der Waals surface area contributed by atoms with Crippen LogP contribution in [0.5, 0.6) is 0 Å². The molecular weight excluding hydrogens is 248 g/mol. The van der Waals surface area contributed by atoms with Crippen molar-refractivity contribution in [2.75, 3.05) is 20.1 Å². The van der Waals surface area contributed by atoms with Crippen LogP contribution in [0.3, 0.4) is 0 Å². The van der Waals surface area contributed by atoms with E-state index in [4.69, 9.17) is 0 Å². The van der Waals surface area contributed by atoms with Crippen molar-refractivity contribution in [3.8, 4) is 0 Å². The average molecular weight is 274 g/mol. The van der Waals surface area contributed by atoms with Crippen molar-refractivity contribution in [2.24, 2.45) is 0 Å². The Kier molecular flexibility index (Phi) is 5.18. The molecular formula is C17H26N2O. The van der Waals surface area contributed by atoms with E-state index < -0.39 is 0 Å². The number of benzene rings is 1. The lowest BCUT2D eigenvalue weighted by atomic mass is 9.98. The van der Waals surface area contributed by atoms with Crippen LogP contribution >= 0.6 is 0 Å². The predicted molar refractivity (Wildman–Crippen MR) is 82.7 cm³/mol. The molecule has 1 heterocycles. The number of rotatable bonds is 6. The maximum absolute atomic E-state index is 12.4. The Morgan fingerprint density at radius 3 is 2.70 bits per heavy atom. The van der Waals surface area contributed by atoms with E-state index in [9.17, 15) is 4.79 Å². The highest BCUT2D eigenvalue weighted by Gasteiger charge is 2.37. The molecule has 1 aliphatic heterocycles. The molecule has 20 heavy (non-hydrogen) atoms. The van der Waals surface area contributed by atoms with Gasteiger partial charge in [-0.1, -0.05) is 30.3 Å². The van der Waals surface area contributed by atoms with E-state index in [1.807, 2.05) is 24.9 Å². The summed E-state index contributed by atoms with van der Waals surface area (Å²) in [5.74, 6) is 0.245. The third-order valence-electron chi connectivity index (χ3n) is 4.24. The lowest BCUT2D eigenvalue weighted by Gasteiger charge is -2.29. The van der Waals surface area contributed by atoms with Crippen molar-refractivity contribution in [3.63, 3.8) is 0 Å². The monoisotopic (exact) mass is 274 g/mol. The first-order chi connectivity index (χ1) is 9.62. The summed E-state index contributed by atoms with van der Waals surface area (Å²) in [5, 5.41) is 3.34. The maximum atomic E-state index is 12.4. The van der Waals surface area contributed by atoms with Gasteiger partial charge in [-0.3, -0.25) is 4.79 Å². The van der Waals surface area contributed by atoms with E-state index in [1.54, 1.807) is 0 Å². The Morgan fingerprint density at radius 2 is 2.05 bits per heavy atom. The zero-order valence-electron chi connectivity index (χ0n) is 12.7. The molecule has 1 amide bonds. The van der Waals surface area contributed by atoms with Crippen molar-refractivity contribution < 1.29 is 4.79 Å². The van der Waals surface area contributed by atoms with Crippen molar-refractivity contribution >= 4 is 5.91 Å². The number of nitrogens with one attached hydrogen (secondary N) is 1. The molecule has 0 saturated carbocycles. The number of nitrogens with zero attached hydrogens (tertiary/aromatic N) is 1. The lowest BCUT2D eigenvalue weighted by Crippen LogP contribution is -2.51. The van der Waals surface area contributed by atoms with Gasteiger partial charge in [-0.15, -0.1) is 0 Å². The van der Waals surface area contributed by atoms with Crippen LogP contribution in [0, 0.1) is 0 Å². The van der Waals surface area contributed by atoms with Gasteiger partial charge < -0.3 is 10.2 Å². The SMILES string of the molecule is CN(CCCCc1ccccc1)C(=O)C1(C)CCCN1. The van der Waals surface area contributed by atoms with Crippen LogP contribution in [-0.4, -0.2) is 36.5 Å². The molecule has 1 atom stereocenters. The first-order valence-electron chi connectivity index (χ1n) is 7.66. The zero-order valence-corrected chi connectivity index (χ0v) is 12.7. The smallest absolute Gasteiger partial charge is 0.242 e. The Bertz CT molecular complexity index is 424. The lowest BCUT2D eigenvalue weighted by molar-refractivity contribution is -0.135. The number of unbranched alkanes of at least 4 members (excludes halogenated alkanes) is 1. The van der Waals surface area contributed by atoms with Crippen LogP contribution in [0.25, 0.3) is 0 Å². The molecule has 110 valence electrons. The standard InChI is InChI=1S/C17H26N2O/c1-17(12-8-13-18-17)16(20)19(2)14-7-6-11-15-9-4-3-5-10-15/h3-5,9-10,18H,6-8,11-14H2,1-2H3. The molecule has 1 saturated heterocycles. The number of carbonyl (C=O) groups excluding carboxylic acids is 1. The molecule has 1 unspecified atom stereocenters. The van der Waals surface area contributed by atoms with E-state index in [0.29, 0.717) is 0 Å². The summed E-state index contributed by atoms with van der Waals surface area (Å²) in [4.78, 5) is 14.3. The van der Waals surface area contributed by atoms with Gasteiger partial charge in [-0.2, -0.15) is 0 Å². The quantitative estimate of drug-likeness (QED) is 0.809. The predicted octanol–water partition coefficient (Wildman–Crippen LogP) is 2.61. The Hall–Kier alpha value is -1.35. The zero-order chi connectivity index (χ0) is 14.4. The molecule has 1 aliphatic rings. The molecule has 2 rings (SSSR count). The van der Waals surface area contributed by atoms with Crippen LogP contribution in [0.2, 0.25) is 0 Å². The van der Waals surface area contributed by atoms with Gasteiger partial charge >= 0.3 is 0 Å². The van der Waals surface area contributed by atoms with Gasteiger partial charge in [0.1, 0.15) is 0 Å². The minimum absolute atomic E-state index is 0.245. The van der Waals surface area contributed by atoms with Crippen molar-refractivity contribution in [3.05, 3.63) is 35.9 Å². The van der Waals surface area contributed by atoms with Crippen LogP contribution in [-0.2, 0) is 11.2 Å². The van der Waals surface area contributed by atoms with Crippen LogP contribution in [0.15, 0.2) is 30.3 Å². The molecule has 0 spiro atoms. The topological polar surface area (TPSA) is 32.3 Å². The minimum atomic E-state index is -0.325. The van der Waals surface area contributed by atoms with Crippen LogP contribution in [0.4, 0.5) is 0 Å². The summed E-state index contributed by atoms with van der Waals surface area (Å²) >= 11 is 0. The largest absolute Gasteiger partial charge is 0.344 e. The van der Waals surface area contributed by atoms with E-state index in [0.717, 1.165) is 45.2 Å². The Balaban J connectivity index is 1.70. The molecule has 1 fully saturated rings. The number of aryl methyl sites for hydroxylation is 1. The summed E-state index contributed by atoms with van der Waals surface area (Å²) in [5.41, 5.74) is 1.06. The second-order valence-electron chi connectivity index (χ2n) is 6.03. The molecule has 1 aromatic carbocycles. The summed E-state index contributed by atoms with van der Waals surface area (Å²) in [6, 6.07) is 10.5. The summed E-state index contributed by atoms with van der Waals surface area (Å²) in [7, 11) is 1.93. The maximum Gasteiger partial charge on any atom is 0.242 e. The fourth-order valence-electron chi connectivity index (χ4n) is 2.92. The molecule has 1 N–H and O–H groups in total. The fraction of sp³-hybridized carbons (Fsp3) is 0.588.